The summed E-state index contributed by atoms with van der Waals surface area (Å²) in [7, 11) is 0. The van der Waals surface area contributed by atoms with E-state index in [-0.39, 0.29) is 0 Å². The van der Waals surface area contributed by atoms with Gasteiger partial charge in [-0.2, -0.15) is 5.10 Å². The van der Waals surface area contributed by atoms with Gasteiger partial charge in [0.15, 0.2) is 6.29 Å². The van der Waals surface area contributed by atoms with Crippen molar-refractivity contribution in [2.24, 2.45) is 10.1 Å². The highest BCUT2D eigenvalue weighted by atomic mass is 16.1. The van der Waals surface area contributed by atoms with E-state index >= 15 is 0 Å². The smallest absolute Gasteiger partial charge is 0.212 e. The topological polar surface area (TPSA) is 65.8 Å². The Labute approximate surface area is 139 Å². The fourth-order valence-electron chi connectivity index (χ4n) is 3.09. The minimum atomic E-state index is 0.685. The zero-order valence-electron chi connectivity index (χ0n) is 13.0. The molecule has 0 amide bonds. The van der Waals surface area contributed by atoms with Gasteiger partial charge in [-0.1, -0.05) is 48.5 Å². The fraction of sp³-hybridized carbons (Fsp3) is 0.105. The molecular formula is C19H16N4O. The van der Waals surface area contributed by atoms with E-state index in [1.807, 2.05) is 48.5 Å². The predicted molar refractivity (Wildman–Crippen MR) is 97.9 cm³/mol. The van der Waals surface area contributed by atoms with E-state index in [1.165, 1.54) is 0 Å². The Hall–Kier alpha value is -3.21. The van der Waals surface area contributed by atoms with Crippen molar-refractivity contribution in [1.29, 1.82) is 0 Å². The molecule has 1 aliphatic rings. The third-order valence-electron chi connectivity index (χ3n) is 4.17. The maximum absolute atomic E-state index is 11.7. The average Bonchev–Trinajstić information content (AvgIpc) is 3.14. The van der Waals surface area contributed by atoms with Crippen molar-refractivity contribution in [2.45, 2.75) is 0 Å². The number of hydrogen-bond donors (Lipinski definition) is 2. The standard InChI is InChI=1S/C19H16N4O/c24-12-18-15-7-3-1-5-13(15)17(14-6-2-4-8-16(14)18)11-22-23-19-20-9-10-21-19/h1-8,11-12H,9-10H2,(H2,20,21,23)/b22-11-. The van der Waals surface area contributed by atoms with E-state index in [9.17, 15) is 4.79 Å². The zero-order valence-corrected chi connectivity index (χ0v) is 13.0. The summed E-state index contributed by atoms with van der Waals surface area (Å²) in [6, 6.07) is 15.8. The van der Waals surface area contributed by atoms with Crippen molar-refractivity contribution in [3.63, 3.8) is 0 Å². The van der Waals surface area contributed by atoms with E-state index in [0.717, 1.165) is 46.5 Å². The molecule has 0 saturated carbocycles. The van der Waals surface area contributed by atoms with Crippen molar-refractivity contribution in [3.05, 3.63) is 59.7 Å². The van der Waals surface area contributed by atoms with Gasteiger partial charge in [0, 0.05) is 17.7 Å². The summed E-state index contributed by atoms with van der Waals surface area (Å²) in [4.78, 5) is 15.9. The van der Waals surface area contributed by atoms with Gasteiger partial charge in [-0.05, 0) is 21.5 Å². The second-order valence-electron chi connectivity index (χ2n) is 5.56. The van der Waals surface area contributed by atoms with Gasteiger partial charge in [-0.15, -0.1) is 0 Å². The summed E-state index contributed by atoms with van der Waals surface area (Å²) in [5.74, 6) is 0.685. The number of hydrogen-bond acceptors (Lipinski definition) is 5. The minimum absolute atomic E-state index is 0.685. The number of rotatable bonds is 3. The van der Waals surface area contributed by atoms with Crippen LogP contribution < -0.4 is 10.7 Å². The van der Waals surface area contributed by atoms with Gasteiger partial charge in [0.1, 0.15) is 0 Å². The lowest BCUT2D eigenvalue weighted by Crippen LogP contribution is -2.30. The molecule has 118 valence electrons. The average molecular weight is 316 g/mol. The first kappa shape index (κ1) is 14.4. The van der Waals surface area contributed by atoms with Gasteiger partial charge in [-0.25, -0.2) is 10.4 Å². The number of carbonyl (C=O) groups excluding carboxylic acids is 1. The van der Waals surface area contributed by atoms with E-state index in [1.54, 1.807) is 6.21 Å². The molecule has 4 rings (SSSR count). The third-order valence-corrected chi connectivity index (χ3v) is 4.17. The van der Waals surface area contributed by atoms with Crippen molar-refractivity contribution < 1.29 is 4.79 Å². The van der Waals surface area contributed by atoms with Crippen LogP contribution in [0.3, 0.4) is 0 Å². The van der Waals surface area contributed by atoms with Crippen molar-refractivity contribution >= 4 is 40.0 Å². The van der Waals surface area contributed by atoms with E-state index in [2.05, 4.69) is 20.8 Å². The molecule has 0 aromatic heterocycles. The van der Waals surface area contributed by atoms with Crippen LogP contribution in [0, 0.1) is 0 Å². The molecule has 0 spiro atoms. The number of nitrogens with zero attached hydrogens (tertiary/aromatic N) is 2. The van der Waals surface area contributed by atoms with Crippen LogP contribution >= 0.6 is 0 Å². The first-order chi connectivity index (χ1) is 11.9. The summed E-state index contributed by atoms with van der Waals surface area (Å²) in [6.07, 6.45) is 2.72. The molecule has 1 aliphatic heterocycles. The summed E-state index contributed by atoms with van der Waals surface area (Å²) in [5.41, 5.74) is 4.63. The number of nitrogens with one attached hydrogen (secondary N) is 2. The number of hydrazone groups is 1. The number of benzene rings is 3. The number of aldehydes is 1. The summed E-state index contributed by atoms with van der Waals surface area (Å²) >= 11 is 0. The maximum Gasteiger partial charge on any atom is 0.212 e. The number of fused-ring (bicyclic) bond motifs is 2. The monoisotopic (exact) mass is 316 g/mol. The van der Waals surface area contributed by atoms with Gasteiger partial charge in [0.25, 0.3) is 0 Å². The first-order valence-corrected chi connectivity index (χ1v) is 7.84. The lowest BCUT2D eigenvalue weighted by molar-refractivity contribution is 0.112. The molecule has 2 N–H and O–H groups in total. The Morgan fingerprint density at radius 2 is 1.54 bits per heavy atom. The fourth-order valence-corrected chi connectivity index (χ4v) is 3.09. The Balaban J connectivity index is 1.91. The maximum atomic E-state index is 11.7. The SMILES string of the molecule is O=Cc1c2ccccc2c(/C=N\NC2=NCCN2)c2ccccc12. The van der Waals surface area contributed by atoms with Crippen molar-refractivity contribution in [3.8, 4) is 0 Å². The molecule has 0 radical (unpaired) electrons. The van der Waals surface area contributed by atoms with Gasteiger partial charge < -0.3 is 5.32 Å². The molecule has 1 heterocycles. The molecular weight excluding hydrogens is 300 g/mol. The Bertz CT molecular complexity index is 934. The number of carbonyl (C=O) groups is 1. The van der Waals surface area contributed by atoms with Crippen molar-refractivity contribution in [1.82, 2.24) is 10.7 Å². The van der Waals surface area contributed by atoms with Crippen LogP contribution in [0.25, 0.3) is 21.5 Å². The van der Waals surface area contributed by atoms with Gasteiger partial charge in [-0.3, -0.25) is 4.79 Å². The van der Waals surface area contributed by atoms with Crippen LogP contribution in [0.15, 0.2) is 58.6 Å². The molecule has 0 unspecified atom stereocenters. The number of guanidine groups is 1. The van der Waals surface area contributed by atoms with Crippen molar-refractivity contribution in [2.75, 3.05) is 13.1 Å². The highest BCUT2D eigenvalue weighted by Crippen LogP contribution is 2.30. The normalized spacial score (nSPS) is 14.1. The second kappa shape index (κ2) is 6.12. The van der Waals surface area contributed by atoms with Crippen LogP contribution in [0.2, 0.25) is 0 Å². The molecule has 0 saturated heterocycles. The van der Waals surface area contributed by atoms with Crippen LogP contribution in [-0.2, 0) is 0 Å². The molecule has 0 atom stereocenters. The molecule has 0 bridgehead atoms. The molecule has 5 nitrogen and oxygen atoms in total. The minimum Gasteiger partial charge on any atom is -0.353 e. The molecule has 3 aromatic carbocycles. The molecule has 0 aliphatic carbocycles. The lowest BCUT2D eigenvalue weighted by atomic mass is 9.93. The van der Waals surface area contributed by atoms with E-state index < -0.39 is 0 Å². The summed E-state index contributed by atoms with van der Waals surface area (Å²) in [5, 5.41) is 11.3. The van der Waals surface area contributed by atoms with Crippen LogP contribution in [-0.4, -0.2) is 31.5 Å². The summed E-state index contributed by atoms with van der Waals surface area (Å²) < 4.78 is 0. The van der Waals surface area contributed by atoms with Gasteiger partial charge >= 0.3 is 0 Å². The van der Waals surface area contributed by atoms with Gasteiger partial charge in [0.05, 0.1) is 12.8 Å². The molecule has 5 heteroatoms. The number of aliphatic imine (C=N–C) groups is 1. The first-order valence-electron chi connectivity index (χ1n) is 7.84. The van der Waals surface area contributed by atoms with Crippen LogP contribution in [0.5, 0.6) is 0 Å². The van der Waals surface area contributed by atoms with Crippen LogP contribution in [0.1, 0.15) is 15.9 Å². The predicted octanol–water partition coefficient (Wildman–Crippen LogP) is 2.69. The third kappa shape index (κ3) is 2.40. The summed E-state index contributed by atoms with van der Waals surface area (Å²) in [6.45, 7) is 1.59. The largest absolute Gasteiger partial charge is 0.353 e. The highest BCUT2D eigenvalue weighted by Gasteiger charge is 2.11. The van der Waals surface area contributed by atoms with Gasteiger partial charge in [0.2, 0.25) is 5.96 Å². The zero-order chi connectivity index (χ0) is 16.4. The molecule has 24 heavy (non-hydrogen) atoms. The van der Waals surface area contributed by atoms with Crippen LogP contribution in [0.4, 0.5) is 0 Å². The lowest BCUT2D eigenvalue weighted by Gasteiger charge is -2.11. The Kier molecular flexibility index (Phi) is 3.67. The molecule has 3 aromatic rings. The van der Waals surface area contributed by atoms with E-state index in [0.29, 0.717) is 11.5 Å². The Morgan fingerprint density at radius 3 is 2.04 bits per heavy atom. The van der Waals surface area contributed by atoms with E-state index in [4.69, 9.17) is 0 Å². The Morgan fingerprint density at radius 1 is 0.958 bits per heavy atom. The highest BCUT2D eigenvalue weighted by molar-refractivity contribution is 6.20. The second-order valence-corrected chi connectivity index (χ2v) is 5.56. The molecule has 0 fully saturated rings. The quantitative estimate of drug-likeness (QED) is 0.338.